The highest BCUT2D eigenvalue weighted by Gasteiger charge is 2.06. The maximum absolute atomic E-state index is 4.18. The molecule has 3 rings (SSSR count). The van der Waals surface area contributed by atoms with Crippen molar-refractivity contribution in [1.29, 1.82) is 0 Å². The number of aromatic nitrogens is 3. The van der Waals surface area contributed by atoms with Crippen LogP contribution in [0, 0.1) is 0 Å². The molecule has 0 fully saturated rings. The second kappa shape index (κ2) is 5.73. The predicted octanol–water partition coefficient (Wildman–Crippen LogP) is 3.29. The first-order valence-electron chi connectivity index (χ1n) is 6.58. The fraction of sp³-hybridized carbons (Fsp3) is 0.200. The van der Waals surface area contributed by atoms with E-state index in [2.05, 4.69) is 68.8 Å². The van der Waals surface area contributed by atoms with Crippen molar-refractivity contribution in [3.8, 4) is 5.69 Å². The van der Waals surface area contributed by atoms with Crippen LogP contribution in [0.2, 0.25) is 0 Å². The quantitative estimate of drug-likeness (QED) is 0.798. The normalized spacial score (nSPS) is 11.1. The Bertz CT molecular complexity index is 736. The van der Waals surface area contributed by atoms with Gasteiger partial charge in [0.25, 0.3) is 0 Å². The monoisotopic (exact) mass is 330 g/mol. The summed E-state index contributed by atoms with van der Waals surface area (Å²) in [6.45, 7) is 3.78. The molecule has 102 valence electrons. The second-order valence-corrected chi connectivity index (χ2v) is 5.51. The zero-order chi connectivity index (χ0) is 13.9. The van der Waals surface area contributed by atoms with Crippen LogP contribution in [0.15, 0.2) is 47.1 Å². The minimum Gasteiger partial charge on any atom is -0.311 e. The van der Waals surface area contributed by atoms with Crippen LogP contribution in [0.25, 0.3) is 16.5 Å². The number of rotatable bonds is 4. The lowest BCUT2D eigenvalue weighted by Crippen LogP contribution is -2.15. The van der Waals surface area contributed by atoms with Crippen LogP contribution in [0.4, 0.5) is 0 Å². The lowest BCUT2D eigenvalue weighted by molar-refractivity contribution is 0.673. The van der Waals surface area contributed by atoms with Gasteiger partial charge in [-0.05, 0) is 41.6 Å². The molecular weight excluding hydrogens is 316 g/mol. The number of fused-ring (bicyclic) bond motifs is 1. The van der Waals surface area contributed by atoms with E-state index in [0.717, 1.165) is 28.9 Å². The minimum atomic E-state index is 0.766. The summed E-state index contributed by atoms with van der Waals surface area (Å²) >= 11 is 3.49. The van der Waals surface area contributed by atoms with E-state index >= 15 is 0 Å². The van der Waals surface area contributed by atoms with E-state index in [0.29, 0.717) is 0 Å². The van der Waals surface area contributed by atoms with E-state index in [-0.39, 0.29) is 0 Å². The molecule has 0 bridgehead atoms. The molecule has 0 saturated heterocycles. The van der Waals surface area contributed by atoms with Gasteiger partial charge < -0.3 is 5.32 Å². The van der Waals surface area contributed by atoms with Crippen molar-refractivity contribution < 1.29 is 0 Å². The molecule has 3 aromatic rings. The van der Waals surface area contributed by atoms with Gasteiger partial charge in [0.05, 0.1) is 17.6 Å². The highest BCUT2D eigenvalue weighted by molar-refractivity contribution is 9.10. The van der Waals surface area contributed by atoms with Crippen molar-refractivity contribution >= 4 is 26.7 Å². The third kappa shape index (κ3) is 2.59. The molecule has 5 heteroatoms. The second-order valence-electron chi connectivity index (χ2n) is 4.59. The van der Waals surface area contributed by atoms with Gasteiger partial charge in [-0.25, -0.2) is 4.68 Å². The van der Waals surface area contributed by atoms with Crippen molar-refractivity contribution in [3.05, 3.63) is 52.8 Å². The summed E-state index contributed by atoms with van der Waals surface area (Å²) in [5, 5.41) is 13.9. The number of halogens is 1. The Morgan fingerprint density at radius 2 is 1.95 bits per heavy atom. The van der Waals surface area contributed by atoms with Crippen LogP contribution in [0.1, 0.15) is 12.6 Å². The molecule has 0 aliphatic heterocycles. The van der Waals surface area contributed by atoms with Crippen LogP contribution in [-0.2, 0) is 6.54 Å². The lowest BCUT2D eigenvalue weighted by Gasteiger charge is -2.08. The topological polar surface area (TPSA) is 42.7 Å². The van der Waals surface area contributed by atoms with Crippen molar-refractivity contribution in [2.75, 3.05) is 6.54 Å². The smallest absolute Gasteiger partial charge is 0.0783 e. The molecule has 0 amide bonds. The molecule has 0 spiro atoms. The Hall–Kier alpha value is -1.72. The maximum atomic E-state index is 4.18. The highest BCUT2D eigenvalue weighted by Crippen LogP contribution is 2.22. The van der Waals surface area contributed by atoms with E-state index in [1.807, 2.05) is 10.7 Å². The molecule has 0 aliphatic carbocycles. The third-order valence-corrected chi connectivity index (χ3v) is 3.70. The highest BCUT2D eigenvalue weighted by atomic mass is 79.9. The Morgan fingerprint density at radius 1 is 1.15 bits per heavy atom. The number of benzene rings is 2. The fourth-order valence-corrected chi connectivity index (χ4v) is 2.56. The van der Waals surface area contributed by atoms with Gasteiger partial charge in [-0.3, -0.25) is 0 Å². The van der Waals surface area contributed by atoms with E-state index < -0.39 is 0 Å². The van der Waals surface area contributed by atoms with Gasteiger partial charge in [0.1, 0.15) is 0 Å². The van der Waals surface area contributed by atoms with E-state index in [1.54, 1.807) is 6.20 Å². The first-order valence-corrected chi connectivity index (χ1v) is 7.37. The lowest BCUT2D eigenvalue weighted by atomic mass is 10.1. The molecule has 2 aromatic carbocycles. The summed E-state index contributed by atoms with van der Waals surface area (Å²) < 4.78 is 2.97. The first-order chi connectivity index (χ1) is 9.78. The summed E-state index contributed by atoms with van der Waals surface area (Å²) in [6.07, 6.45) is 1.80. The van der Waals surface area contributed by atoms with Crippen LogP contribution in [-0.4, -0.2) is 21.5 Å². The van der Waals surface area contributed by atoms with Crippen molar-refractivity contribution in [3.63, 3.8) is 0 Å². The van der Waals surface area contributed by atoms with Crippen molar-refractivity contribution in [1.82, 2.24) is 20.3 Å². The summed E-state index contributed by atoms with van der Waals surface area (Å²) in [5.74, 6) is 0. The number of hydrogen-bond donors (Lipinski definition) is 1. The largest absolute Gasteiger partial charge is 0.311 e. The van der Waals surface area contributed by atoms with Gasteiger partial charge in [-0.15, -0.1) is 5.10 Å². The molecular formula is C15H15BrN4. The van der Waals surface area contributed by atoms with Gasteiger partial charge in [-0.2, -0.15) is 0 Å². The number of nitrogens with one attached hydrogen (secondary N) is 1. The maximum Gasteiger partial charge on any atom is 0.0783 e. The average Bonchev–Trinajstić information content (AvgIpc) is 2.93. The Labute approximate surface area is 125 Å². The molecule has 4 nitrogen and oxygen atoms in total. The molecule has 0 saturated carbocycles. The van der Waals surface area contributed by atoms with Gasteiger partial charge in [0.2, 0.25) is 0 Å². The Balaban J connectivity index is 2.02. The Morgan fingerprint density at radius 3 is 2.80 bits per heavy atom. The summed E-state index contributed by atoms with van der Waals surface area (Å²) in [5.41, 5.74) is 2.09. The SMILES string of the molecule is CCNCc1cnnn1-c1ccc2cc(Br)ccc2c1. The average molecular weight is 331 g/mol. The molecule has 0 atom stereocenters. The standard InChI is InChI=1S/C15H15BrN4/c1-2-17-9-15-10-18-19-20(15)14-6-4-11-7-13(16)5-3-12(11)8-14/h3-8,10,17H,2,9H2,1H3. The minimum absolute atomic E-state index is 0.766. The van der Waals surface area contributed by atoms with Gasteiger partial charge in [0, 0.05) is 11.0 Å². The van der Waals surface area contributed by atoms with Crippen LogP contribution >= 0.6 is 15.9 Å². The fourth-order valence-electron chi connectivity index (χ4n) is 2.18. The summed E-state index contributed by atoms with van der Waals surface area (Å²) in [7, 11) is 0. The summed E-state index contributed by atoms with van der Waals surface area (Å²) in [4.78, 5) is 0. The van der Waals surface area contributed by atoms with Crippen molar-refractivity contribution in [2.45, 2.75) is 13.5 Å². The molecule has 1 aromatic heterocycles. The third-order valence-electron chi connectivity index (χ3n) is 3.21. The van der Waals surface area contributed by atoms with Gasteiger partial charge >= 0.3 is 0 Å². The zero-order valence-electron chi connectivity index (χ0n) is 11.2. The van der Waals surface area contributed by atoms with E-state index in [4.69, 9.17) is 0 Å². The van der Waals surface area contributed by atoms with E-state index in [9.17, 15) is 0 Å². The molecule has 1 N–H and O–H groups in total. The van der Waals surface area contributed by atoms with Crippen LogP contribution < -0.4 is 5.32 Å². The van der Waals surface area contributed by atoms with Crippen LogP contribution in [0.5, 0.6) is 0 Å². The van der Waals surface area contributed by atoms with Gasteiger partial charge in [0.15, 0.2) is 0 Å². The number of hydrogen-bond acceptors (Lipinski definition) is 3. The van der Waals surface area contributed by atoms with Crippen LogP contribution in [0.3, 0.4) is 0 Å². The molecule has 0 aliphatic rings. The first kappa shape index (κ1) is 13.3. The Kier molecular flexibility index (Phi) is 3.80. The molecule has 0 unspecified atom stereocenters. The molecule has 1 heterocycles. The molecule has 0 radical (unpaired) electrons. The summed E-state index contributed by atoms with van der Waals surface area (Å²) in [6, 6.07) is 12.6. The molecule has 20 heavy (non-hydrogen) atoms. The zero-order valence-corrected chi connectivity index (χ0v) is 12.8. The van der Waals surface area contributed by atoms with Gasteiger partial charge in [-0.1, -0.05) is 40.2 Å². The van der Waals surface area contributed by atoms with E-state index in [1.165, 1.54) is 10.8 Å². The number of nitrogens with zero attached hydrogens (tertiary/aromatic N) is 3. The van der Waals surface area contributed by atoms with Crippen molar-refractivity contribution in [2.24, 2.45) is 0 Å². The predicted molar refractivity (Wildman–Crippen MR) is 83.9 cm³/mol.